The van der Waals surface area contributed by atoms with Gasteiger partial charge in [-0.25, -0.2) is 0 Å². The molecule has 0 aromatic carbocycles. The zero-order valence-corrected chi connectivity index (χ0v) is 61.2. The van der Waals surface area contributed by atoms with Crippen molar-refractivity contribution in [3.8, 4) is 0 Å². The predicted molar refractivity (Wildman–Crippen MR) is 394 cm³/mol. The summed E-state index contributed by atoms with van der Waals surface area (Å²) in [7, 11) is 0. The Morgan fingerprint density at radius 3 is 0.685 bits per heavy atom. The van der Waals surface area contributed by atoms with E-state index in [0.717, 1.165) is 38.5 Å². The Kier molecular flexibility index (Phi) is 78.3. The van der Waals surface area contributed by atoms with E-state index in [1.807, 2.05) is 0 Å². The van der Waals surface area contributed by atoms with E-state index in [1.165, 1.54) is 424 Å². The van der Waals surface area contributed by atoms with Crippen LogP contribution in [0, 0.1) is 0 Å². The lowest BCUT2D eigenvalue weighted by atomic mass is 10.0. The van der Waals surface area contributed by atoms with Gasteiger partial charge in [0.1, 0.15) is 0 Å². The van der Waals surface area contributed by atoms with Gasteiger partial charge < -0.3 is 20.3 Å². The number of hydrogen-bond acceptors (Lipinski definition) is 5. The maximum Gasteiger partial charge on any atom is 0.305 e. The van der Waals surface area contributed by atoms with Gasteiger partial charge in [0.05, 0.1) is 25.4 Å². The average molecular weight is 1260 g/mol. The highest BCUT2D eigenvalue weighted by Gasteiger charge is 2.20. The lowest BCUT2D eigenvalue weighted by molar-refractivity contribution is -0.143. The van der Waals surface area contributed by atoms with E-state index in [4.69, 9.17) is 4.74 Å². The molecule has 0 aliphatic rings. The average Bonchev–Trinajstić information content (AvgIpc) is 3.57. The van der Waals surface area contributed by atoms with Crippen LogP contribution in [0.2, 0.25) is 0 Å². The fourth-order valence-corrected chi connectivity index (χ4v) is 13.8. The molecule has 0 radical (unpaired) electrons. The van der Waals surface area contributed by atoms with Gasteiger partial charge in [-0.1, -0.05) is 457 Å². The Morgan fingerprint density at radius 2 is 0.461 bits per heavy atom. The minimum Gasteiger partial charge on any atom is -0.466 e. The first-order chi connectivity index (χ1) is 44.0. The second kappa shape index (κ2) is 79.3. The molecule has 0 aliphatic heterocycles. The molecule has 0 aliphatic carbocycles. The fraction of sp³-hybridized carbons (Fsp3) is 0.976. The molecule has 0 aromatic rings. The number of carbonyl (C=O) groups excluding carboxylic acids is 2. The summed E-state index contributed by atoms with van der Waals surface area (Å²) < 4.78 is 5.53. The van der Waals surface area contributed by atoms with Crippen molar-refractivity contribution < 1.29 is 24.5 Å². The number of ether oxygens (including phenoxy) is 1. The predicted octanol–water partition coefficient (Wildman–Crippen LogP) is 27.7. The smallest absolute Gasteiger partial charge is 0.305 e. The second-order valence-corrected chi connectivity index (χ2v) is 29.2. The molecule has 89 heavy (non-hydrogen) atoms. The molecule has 6 heteroatoms. The number of hydrogen-bond donors (Lipinski definition) is 3. The topological polar surface area (TPSA) is 95.9 Å². The van der Waals surface area contributed by atoms with E-state index < -0.39 is 12.1 Å². The van der Waals surface area contributed by atoms with Crippen molar-refractivity contribution in [2.45, 2.75) is 508 Å². The van der Waals surface area contributed by atoms with Crippen molar-refractivity contribution in [1.29, 1.82) is 0 Å². The Morgan fingerprint density at radius 1 is 0.270 bits per heavy atom. The molecule has 3 N–H and O–H groups in total. The molecule has 0 saturated heterocycles. The van der Waals surface area contributed by atoms with E-state index in [1.54, 1.807) is 0 Å². The molecule has 0 aromatic heterocycles. The monoisotopic (exact) mass is 1260 g/mol. The number of nitrogens with one attached hydrogen (secondary N) is 1. The SMILES string of the molecule is CCCCCCCCCCCCCCCCCCCCCCCCCCC(O)C(CO)NC(=O)CCCCCCCCCCCCCCCCCCCCCCCCCCCCCCCOC(=O)CCCCCCCCCCCCCCCCCCCCC. The largest absolute Gasteiger partial charge is 0.466 e. The normalized spacial score (nSPS) is 12.4. The molecule has 2 atom stereocenters. The van der Waals surface area contributed by atoms with Crippen LogP contribution < -0.4 is 5.32 Å². The minimum absolute atomic E-state index is 0.0245. The summed E-state index contributed by atoms with van der Waals surface area (Å²) in [6.07, 6.45) is 99.3. The van der Waals surface area contributed by atoms with Gasteiger partial charge in [-0.05, 0) is 25.7 Å². The molecule has 2 unspecified atom stereocenters. The number of aliphatic hydroxyl groups is 2. The van der Waals surface area contributed by atoms with Crippen LogP contribution in [-0.2, 0) is 14.3 Å². The van der Waals surface area contributed by atoms with Gasteiger partial charge in [0.25, 0.3) is 0 Å². The van der Waals surface area contributed by atoms with E-state index in [-0.39, 0.29) is 18.5 Å². The number of aliphatic hydroxyl groups excluding tert-OH is 2. The summed E-state index contributed by atoms with van der Waals surface area (Å²) in [5, 5.41) is 23.5. The quantitative estimate of drug-likeness (QED) is 0.0417. The van der Waals surface area contributed by atoms with E-state index in [0.29, 0.717) is 25.9 Å². The molecule has 532 valence electrons. The van der Waals surface area contributed by atoms with Gasteiger partial charge in [0, 0.05) is 12.8 Å². The number of amides is 1. The third-order valence-corrected chi connectivity index (χ3v) is 20.2. The number of carbonyl (C=O) groups is 2. The molecule has 0 fully saturated rings. The van der Waals surface area contributed by atoms with Crippen molar-refractivity contribution in [2.75, 3.05) is 13.2 Å². The molecule has 0 rings (SSSR count). The first-order valence-electron chi connectivity index (χ1n) is 41.8. The highest BCUT2D eigenvalue weighted by molar-refractivity contribution is 5.76. The van der Waals surface area contributed by atoms with Crippen molar-refractivity contribution in [3.63, 3.8) is 0 Å². The second-order valence-electron chi connectivity index (χ2n) is 29.2. The third-order valence-electron chi connectivity index (χ3n) is 20.2. The molecular formula is C83H165NO5. The summed E-state index contributed by atoms with van der Waals surface area (Å²) in [6.45, 7) is 5.03. The maximum atomic E-state index is 12.6. The zero-order valence-electron chi connectivity index (χ0n) is 61.2. The van der Waals surface area contributed by atoms with E-state index >= 15 is 0 Å². The van der Waals surface area contributed by atoms with E-state index in [2.05, 4.69) is 19.2 Å². The van der Waals surface area contributed by atoms with Gasteiger partial charge in [-0.15, -0.1) is 0 Å². The van der Waals surface area contributed by atoms with Crippen LogP contribution in [0.5, 0.6) is 0 Å². The van der Waals surface area contributed by atoms with Gasteiger partial charge >= 0.3 is 5.97 Å². The zero-order chi connectivity index (χ0) is 64.2. The Bertz CT molecular complexity index is 1310. The lowest BCUT2D eigenvalue weighted by Gasteiger charge is -2.22. The standard InChI is InChI=1S/C83H165NO5/c1-3-5-7-9-11-13-15-17-19-21-23-24-25-33-36-40-43-47-51-55-59-63-67-71-75-81(86)80(79-85)84-82(87)76-72-68-64-60-56-52-48-44-41-37-34-31-29-27-26-28-30-32-35-38-42-46-50-54-58-62-66-70-74-78-89-83(88)77-73-69-65-61-57-53-49-45-39-22-20-18-16-14-12-10-8-6-4-2/h80-81,85-86H,3-79H2,1-2H3,(H,84,87). The number of unbranched alkanes of at least 4 members (excludes halogenated alkanes) is 69. The van der Waals surface area contributed by atoms with Crippen molar-refractivity contribution in [3.05, 3.63) is 0 Å². The van der Waals surface area contributed by atoms with Crippen LogP contribution >= 0.6 is 0 Å². The summed E-state index contributed by atoms with van der Waals surface area (Å²) >= 11 is 0. The van der Waals surface area contributed by atoms with Crippen LogP contribution in [0.1, 0.15) is 495 Å². The van der Waals surface area contributed by atoms with Crippen LogP contribution in [0.15, 0.2) is 0 Å². The van der Waals surface area contributed by atoms with E-state index in [9.17, 15) is 19.8 Å². The Labute approximate surface area is 559 Å². The van der Waals surface area contributed by atoms with Gasteiger partial charge in [0.15, 0.2) is 0 Å². The van der Waals surface area contributed by atoms with Crippen LogP contribution in [0.3, 0.4) is 0 Å². The van der Waals surface area contributed by atoms with Gasteiger partial charge in [0.2, 0.25) is 5.91 Å². The number of esters is 1. The van der Waals surface area contributed by atoms with Gasteiger partial charge in [-0.2, -0.15) is 0 Å². The molecule has 0 bridgehead atoms. The maximum absolute atomic E-state index is 12.6. The summed E-state index contributed by atoms with van der Waals surface area (Å²) in [5.74, 6) is 0.00165. The van der Waals surface area contributed by atoms with Crippen molar-refractivity contribution in [2.24, 2.45) is 0 Å². The lowest BCUT2D eigenvalue weighted by Crippen LogP contribution is -2.45. The van der Waals surface area contributed by atoms with Crippen LogP contribution in [-0.4, -0.2) is 47.4 Å². The van der Waals surface area contributed by atoms with Crippen molar-refractivity contribution in [1.82, 2.24) is 5.32 Å². The van der Waals surface area contributed by atoms with Crippen molar-refractivity contribution >= 4 is 11.9 Å². The highest BCUT2D eigenvalue weighted by Crippen LogP contribution is 2.21. The molecular weight excluding hydrogens is 1090 g/mol. The molecule has 1 amide bonds. The first kappa shape index (κ1) is 87.9. The van der Waals surface area contributed by atoms with Crippen LogP contribution in [0.4, 0.5) is 0 Å². The summed E-state index contributed by atoms with van der Waals surface area (Å²) in [5.41, 5.74) is 0. The molecule has 6 nitrogen and oxygen atoms in total. The highest BCUT2D eigenvalue weighted by atomic mass is 16.5. The molecule has 0 saturated carbocycles. The van der Waals surface area contributed by atoms with Gasteiger partial charge in [-0.3, -0.25) is 9.59 Å². The third kappa shape index (κ3) is 75.8. The fourth-order valence-electron chi connectivity index (χ4n) is 13.8. The molecule has 0 spiro atoms. The molecule has 0 heterocycles. The summed E-state index contributed by atoms with van der Waals surface area (Å²) in [4.78, 5) is 24.7. The summed E-state index contributed by atoms with van der Waals surface area (Å²) in [6, 6.07) is -0.539. The Hall–Kier alpha value is -1.14. The minimum atomic E-state index is -0.663. The number of rotatable bonds is 80. The van der Waals surface area contributed by atoms with Crippen LogP contribution in [0.25, 0.3) is 0 Å². The Balaban J connectivity index is 3.32. The first-order valence-corrected chi connectivity index (χ1v) is 41.8.